The molecule has 0 saturated carbocycles. The van der Waals surface area contributed by atoms with E-state index in [0.717, 1.165) is 0 Å². The molecule has 28 heavy (non-hydrogen) atoms. The number of carbonyl (C=O) groups is 4. The number of carbonyl (C=O) groups excluding carboxylic acids is 3. The molecular formula is C18H19N5O5. The van der Waals surface area contributed by atoms with E-state index < -0.39 is 34.9 Å². The van der Waals surface area contributed by atoms with Crippen LogP contribution < -0.4 is 16.0 Å². The van der Waals surface area contributed by atoms with Crippen LogP contribution in [0.1, 0.15) is 36.7 Å². The Bertz CT molecular complexity index is 979. The lowest BCUT2D eigenvalue weighted by Gasteiger charge is -2.21. The molecule has 0 spiro atoms. The molecule has 1 unspecified atom stereocenters. The Balaban J connectivity index is 1.74. The van der Waals surface area contributed by atoms with Crippen molar-refractivity contribution in [3.63, 3.8) is 0 Å². The minimum Gasteiger partial charge on any atom is -0.479 e. The quantitative estimate of drug-likeness (QED) is 0.566. The van der Waals surface area contributed by atoms with Crippen LogP contribution in [-0.2, 0) is 20.7 Å². The van der Waals surface area contributed by atoms with E-state index in [-0.39, 0.29) is 5.82 Å². The highest BCUT2D eigenvalue weighted by Crippen LogP contribution is 2.25. The largest absolute Gasteiger partial charge is 0.479 e. The molecule has 1 aromatic carbocycles. The van der Waals surface area contributed by atoms with Gasteiger partial charge in [-0.25, -0.2) is 9.59 Å². The molecule has 0 radical (unpaired) electrons. The Morgan fingerprint density at radius 2 is 1.82 bits per heavy atom. The summed E-state index contributed by atoms with van der Waals surface area (Å²) in [4.78, 5) is 47.0. The number of nitrogens with zero attached hydrogens (tertiary/aromatic N) is 2. The van der Waals surface area contributed by atoms with Crippen molar-refractivity contribution in [2.24, 2.45) is 0 Å². The monoisotopic (exact) mass is 385 g/mol. The van der Waals surface area contributed by atoms with Gasteiger partial charge in [-0.3, -0.25) is 19.6 Å². The lowest BCUT2D eigenvalue weighted by atomic mass is 9.91. The molecule has 4 N–H and O–H groups in total. The summed E-state index contributed by atoms with van der Waals surface area (Å²) in [6.07, 6.45) is 1.47. The van der Waals surface area contributed by atoms with E-state index in [1.165, 1.54) is 42.9 Å². The van der Waals surface area contributed by atoms with Crippen LogP contribution in [0.25, 0.3) is 0 Å². The lowest BCUT2D eigenvalue weighted by molar-refractivity contribution is -0.146. The highest BCUT2D eigenvalue weighted by molar-refractivity contribution is 6.07. The second-order valence-electron chi connectivity index (χ2n) is 7.07. The smallest absolute Gasteiger partial charge is 0.331 e. The Morgan fingerprint density at radius 1 is 1.18 bits per heavy atom. The molecule has 1 fully saturated rings. The van der Waals surface area contributed by atoms with Crippen LogP contribution in [0.5, 0.6) is 0 Å². The van der Waals surface area contributed by atoms with Gasteiger partial charge in [-0.1, -0.05) is 12.1 Å². The minimum absolute atomic E-state index is 0.206. The molecule has 2 aromatic rings. The predicted octanol–water partition coefficient (Wildman–Crippen LogP) is 1.01. The number of rotatable bonds is 5. The fourth-order valence-electron chi connectivity index (χ4n) is 2.69. The molecule has 10 nitrogen and oxygen atoms in total. The SMILES string of the molecule is CC1(c2ccc(C(=O)Nc3ccn(C(C)(C)C(=O)O)n3)cc2)NC(=O)NC1=O. The first kappa shape index (κ1) is 19.1. The van der Waals surface area contributed by atoms with Gasteiger partial charge in [0, 0.05) is 17.8 Å². The van der Waals surface area contributed by atoms with Crippen LogP contribution in [0.2, 0.25) is 0 Å². The van der Waals surface area contributed by atoms with E-state index in [9.17, 15) is 24.3 Å². The van der Waals surface area contributed by atoms with E-state index >= 15 is 0 Å². The van der Waals surface area contributed by atoms with E-state index in [0.29, 0.717) is 11.1 Å². The third-order valence-electron chi connectivity index (χ3n) is 4.70. The molecule has 0 aliphatic carbocycles. The van der Waals surface area contributed by atoms with E-state index in [1.807, 2.05) is 0 Å². The maximum Gasteiger partial charge on any atom is 0.331 e. The summed E-state index contributed by atoms with van der Waals surface area (Å²) in [7, 11) is 0. The van der Waals surface area contributed by atoms with Crippen molar-refractivity contribution in [1.29, 1.82) is 0 Å². The number of aromatic nitrogens is 2. The Morgan fingerprint density at radius 3 is 2.36 bits per heavy atom. The number of carboxylic acids is 1. The van der Waals surface area contributed by atoms with Gasteiger partial charge in [-0.2, -0.15) is 5.10 Å². The van der Waals surface area contributed by atoms with Crippen molar-refractivity contribution >= 4 is 29.6 Å². The Kier molecular flexibility index (Phi) is 4.42. The summed E-state index contributed by atoms with van der Waals surface area (Å²) in [6, 6.07) is 7.11. The van der Waals surface area contributed by atoms with Gasteiger partial charge >= 0.3 is 12.0 Å². The molecule has 10 heteroatoms. The zero-order chi connectivity index (χ0) is 20.7. The van der Waals surface area contributed by atoms with Gasteiger partial charge in [-0.05, 0) is 38.5 Å². The zero-order valence-corrected chi connectivity index (χ0v) is 15.4. The third kappa shape index (κ3) is 3.20. The summed E-state index contributed by atoms with van der Waals surface area (Å²) in [5.41, 5.74) is -1.62. The number of hydrogen-bond acceptors (Lipinski definition) is 5. The third-order valence-corrected chi connectivity index (χ3v) is 4.70. The van der Waals surface area contributed by atoms with Crippen molar-refractivity contribution in [2.75, 3.05) is 5.32 Å². The Hall–Kier alpha value is -3.69. The summed E-state index contributed by atoms with van der Waals surface area (Å²) < 4.78 is 1.25. The van der Waals surface area contributed by atoms with Crippen molar-refractivity contribution in [3.05, 3.63) is 47.7 Å². The zero-order valence-electron chi connectivity index (χ0n) is 15.4. The molecule has 1 aromatic heterocycles. The minimum atomic E-state index is -1.26. The highest BCUT2D eigenvalue weighted by atomic mass is 16.4. The van der Waals surface area contributed by atoms with Crippen molar-refractivity contribution in [3.8, 4) is 0 Å². The van der Waals surface area contributed by atoms with Gasteiger partial charge < -0.3 is 15.7 Å². The number of benzene rings is 1. The molecule has 1 atom stereocenters. The van der Waals surface area contributed by atoms with Gasteiger partial charge in [0.05, 0.1) is 0 Å². The fraction of sp³-hybridized carbons (Fsp3) is 0.278. The van der Waals surface area contributed by atoms with Crippen LogP contribution >= 0.6 is 0 Å². The number of imide groups is 1. The standard InChI is InChI=1S/C18H19N5O5/c1-17(2,15(26)27)23-9-8-12(22-23)19-13(24)10-4-6-11(7-5-10)18(3)14(25)20-16(28)21-18/h4-9H,1-3H3,(H,26,27)(H,19,22,24)(H2,20,21,25,28). The number of nitrogens with one attached hydrogen (secondary N) is 3. The van der Waals surface area contributed by atoms with Crippen molar-refractivity contribution < 1.29 is 24.3 Å². The summed E-state index contributed by atoms with van der Waals surface area (Å²) >= 11 is 0. The van der Waals surface area contributed by atoms with E-state index in [2.05, 4.69) is 21.0 Å². The number of anilines is 1. The fourth-order valence-corrected chi connectivity index (χ4v) is 2.69. The number of amides is 4. The average Bonchev–Trinajstić information content (AvgIpc) is 3.20. The van der Waals surface area contributed by atoms with Gasteiger partial charge in [0.15, 0.2) is 11.4 Å². The summed E-state index contributed by atoms with van der Waals surface area (Å²) in [5.74, 6) is -1.77. The van der Waals surface area contributed by atoms with Crippen molar-refractivity contribution in [1.82, 2.24) is 20.4 Å². The first-order chi connectivity index (χ1) is 13.0. The average molecular weight is 385 g/mol. The van der Waals surface area contributed by atoms with E-state index in [1.54, 1.807) is 19.1 Å². The first-order valence-electron chi connectivity index (χ1n) is 8.39. The Labute approximate surface area is 159 Å². The first-order valence-corrected chi connectivity index (χ1v) is 8.39. The summed E-state index contributed by atoms with van der Waals surface area (Å²) in [6.45, 7) is 4.55. The molecule has 1 saturated heterocycles. The van der Waals surface area contributed by atoms with Crippen LogP contribution in [0.15, 0.2) is 36.5 Å². The molecular weight excluding hydrogens is 366 g/mol. The molecule has 1 aliphatic heterocycles. The molecule has 3 rings (SSSR count). The highest BCUT2D eigenvalue weighted by Gasteiger charge is 2.43. The topological polar surface area (TPSA) is 142 Å². The number of carboxylic acid groups (broad SMARTS) is 1. The second-order valence-corrected chi connectivity index (χ2v) is 7.07. The van der Waals surface area contributed by atoms with Crippen LogP contribution in [0, 0.1) is 0 Å². The molecule has 146 valence electrons. The normalized spacial score (nSPS) is 19.1. The van der Waals surface area contributed by atoms with Crippen molar-refractivity contribution in [2.45, 2.75) is 31.8 Å². The molecule has 1 aliphatic rings. The van der Waals surface area contributed by atoms with E-state index in [4.69, 9.17) is 0 Å². The van der Waals surface area contributed by atoms with Crippen LogP contribution in [-0.4, -0.2) is 38.7 Å². The van der Waals surface area contributed by atoms with Gasteiger partial charge in [0.1, 0.15) is 5.54 Å². The number of hydrogen-bond donors (Lipinski definition) is 4. The van der Waals surface area contributed by atoms with Crippen LogP contribution in [0.4, 0.5) is 10.6 Å². The van der Waals surface area contributed by atoms with Gasteiger partial charge in [-0.15, -0.1) is 0 Å². The predicted molar refractivity (Wildman–Crippen MR) is 97.6 cm³/mol. The number of urea groups is 1. The maximum absolute atomic E-state index is 12.4. The van der Waals surface area contributed by atoms with Gasteiger partial charge in [0.25, 0.3) is 11.8 Å². The lowest BCUT2D eigenvalue weighted by Crippen LogP contribution is -2.40. The van der Waals surface area contributed by atoms with Gasteiger partial charge in [0.2, 0.25) is 0 Å². The molecule has 4 amide bonds. The summed E-state index contributed by atoms with van der Waals surface area (Å²) in [5, 5.41) is 20.6. The number of aliphatic carboxylic acids is 1. The maximum atomic E-state index is 12.4. The molecule has 0 bridgehead atoms. The van der Waals surface area contributed by atoms with Crippen LogP contribution in [0.3, 0.4) is 0 Å². The molecule has 2 heterocycles. The second kappa shape index (κ2) is 6.48.